The molecule has 0 bridgehead atoms. The first-order chi connectivity index (χ1) is 31.2. The number of rotatable bonds is 6. The number of hydrogen-bond donors (Lipinski definition) is 0. The van der Waals surface area contributed by atoms with Gasteiger partial charge in [-0.2, -0.15) is 0 Å². The van der Waals surface area contributed by atoms with Crippen molar-refractivity contribution < 1.29 is 0 Å². The first kappa shape index (κ1) is 35.4. The molecule has 10 aromatic carbocycles. The molecular weight excluding hydrogens is 763 g/mol. The Morgan fingerprint density at radius 3 is 0.889 bits per heavy atom. The van der Waals surface area contributed by atoms with Crippen molar-refractivity contribution in [3.05, 3.63) is 237 Å². The van der Waals surface area contributed by atoms with E-state index in [1.54, 1.807) is 0 Å². The maximum absolute atomic E-state index is 2.44. The maximum atomic E-state index is 2.44. The van der Waals surface area contributed by atoms with E-state index in [2.05, 4.69) is 250 Å². The highest BCUT2D eigenvalue weighted by Crippen LogP contribution is 2.40. The van der Waals surface area contributed by atoms with Crippen LogP contribution in [0, 0.1) is 0 Å². The third-order valence-electron chi connectivity index (χ3n) is 13.1. The minimum atomic E-state index is 1.15. The van der Waals surface area contributed by atoms with Crippen LogP contribution in [0.1, 0.15) is 0 Å². The Bertz CT molecular complexity index is 3870. The lowest BCUT2D eigenvalue weighted by Gasteiger charge is -2.11. The molecule has 0 aliphatic carbocycles. The van der Waals surface area contributed by atoms with Crippen LogP contribution in [0.2, 0.25) is 0 Å². The Morgan fingerprint density at radius 2 is 0.460 bits per heavy atom. The summed E-state index contributed by atoms with van der Waals surface area (Å²) in [7, 11) is 0. The van der Waals surface area contributed by atoms with Crippen molar-refractivity contribution in [2.75, 3.05) is 0 Å². The van der Waals surface area contributed by atoms with Gasteiger partial charge in [-0.1, -0.05) is 152 Å². The normalized spacial score (nSPS) is 11.8. The Labute approximate surface area is 364 Å². The molecule has 0 saturated heterocycles. The van der Waals surface area contributed by atoms with Crippen molar-refractivity contribution >= 4 is 65.4 Å². The van der Waals surface area contributed by atoms with Crippen LogP contribution in [0.4, 0.5) is 0 Å². The molecule has 0 amide bonds. The lowest BCUT2D eigenvalue weighted by atomic mass is 10.0. The molecule has 0 atom stereocenters. The van der Waals surface area contributed by atoms with Crippen molar-refractivity contribution in [2.24, 2.45) is 0 Å². The second-order valence-corrected chi connectivity index (χ2v) is 16.5. The average molecular weight is 802 g/mol. The molecule has 0 spiro atoms. The van der Waals surface area contributed by atoms with Gasteiger partial charge in [0.15, 0.2) is 0 Å². The van der Waals surface area contributed by atoms with Gasteiger partial charge in [-0.25, -0.2) is 0 Å². The highest BCUT2D eigenvalue weighted by Gasteiger charge is 2.18. The molecule has 0 N–H and O–H groups in total. The molecule has 3 nitrogen and oxygen atoms in total. The van der Waals surface area contributed by atoms with Crippen LogP contribution in [-0.2, 0) is 0 Å². The summed E-state index contributed by atoms with van der Waals surface area (Å²) in [6, 6.07) is 86.4. The van der Waals surface area contributed by atoms with Crippen LogP contribution >= 0.6 is 0 Å². The summed E-state index contributed by atoms with van der Waals surface area (Å²) >= 11 is 0. The highest BCUT2D eigenvalue weighted by molar-refractivity contribution is 6.14. The zero-order chi connectivity index (χ0) is 41.4. The monoisotopic (exact) mass is 801 g/mol. The lowest BCUT2D eigenvalue weighted by molar-refractivity contribution is 1.17. The van der Waals surface area contributed by atoms with Crippen LogP contribution in [-0.4, -0.2) is 13.7 Å². The van der Waals surface area contributed by atoms with E-state index in [0.29, 0.717) is 0 Å². The number of benzene rings is 10. The van der Waals surface area contributed by atoms with E-state index in [0.717, 1.165) is 17.1 Å². The summed E-state index contributed by atoms with van der Waals surface area (Å²) in [5, 5.41) is 7.46. The molecule has 13 rings (SSSR count). The zero-order valence-corrected chi connectivity index (χ0v) is 34.4. The Balaban J connectivity index is 0.918. The number of nitrogens with zero attached hydrogens (tertiary/aromatic N) is 3. The quantitative estimate of drug-likeness (QED) is 0.159. The Morgan fingerprint density at radius 1 is 0.175 bits per heavy atom. The van der Waals surface area contributed by atoms with Gasteiger partial charge < -0.3 is 13.7 Å². The summed E-state index contributed by atoms with van der Waals surface area (Å²) in [5.41, 5.74) is 17.9. The fourth-order valence-corrected chi connectivity index (χ4v) is 10.1. The van der Waals surface area contributed by atoms with Gasteiger partial charge in [0, 0.05) is 49.4 Å². The van der Waals surface area contributed by atoms with E-state index in [1.165, 1.54) is 98.8 Å². The van der Waals surface area contributed by atoms with Gasteiger partial charge in [0.2, 0.25) is 0 Å². The van der Waals surface area contributed by atoms with Crippen molar-refractivity contribution in [3.8, 4) is 50.4 Å². The van der Waals surface area contributed by atoms with E-state index in [1.807, 2.05) is 0 Å². The summed E-state index contributed by atoms with van der Waals surface area (Å²) in [6.45, 7) is 0. The van der Waals surface area contributed by atoms with E-state index >= 15 is 0 Å². The molecule has 3 heteroatoms. The molecule has 0 fully saturated rings. The smallest absolute Gasteiger partial charge is 0.0542 e. The largest absolute Gasteiger partial charge is 0.309 e. The van der Waals surface area contributed by atoms with Crippen LogP contribution in [0.3, 0.4) is 0 Å². The fraction of sp³-hybridized carbons (Fsp3) is 0. The number of hydrogen-bond acceptors (Lipinski definition) is 0. The lowest BCUT2D eigenvalue weighted by Crippen LogP contribution is -1.96. The summed E-state index contributed by atoms with van der Waals surface area (Å²) < 4.78 is 7.24. The van der Waals surface area contributed by atoms with E-state index in [9.17, 15) is 0 Å². The van der Waals surface area contributed by atoms with E-state index < -0.39 is 0 Å². The third-order valence-corrected chi connectivity index (χ3v) is 13.1. The first-order valence-electron chi connectivity index (χ1n) is 21.7. The maximum Gasteiger partial charge on any atom is 0.0542 e. The zero-order valence-electron chi connectivity index (χ0n) is 34.4. The molecule has 63 heavy (non-hydrogen) atoms. The van der Waals surface area contributed by atoms with E-state index in [-0.39, 0.29) is 0 Å². The van der Waals surface area contributed by atoms with Crippen molar-refractivity contribution in [3.63, 3.8) is 0 Å². The second-order valence-electron chi connectivity index (χ2n) is 16.5. The fourth-order valence-electron chi connectivity index (χ4n) is 10.1. The average Bonchev–Trinajstić information content (AvgIpc) is 3.99. The van der Waals surface area contributed by atoms with Gasteiger partial charge >= 0.3 is 0 Å². The molecule has 0 saturated carbocycles. The van der Waals surface area contributed by atoms with Crippen molar-refractivity contribution in [2.45, 2.75) is 0 Å². The summed E-state index contributed by atoms with van der Waals surface area (Å²) in [4.78, 5) is 0. The molecule has 0 aliphatic rings. The Kier molecular flexibility index (Phi) is 7.91. The van der Waals surface area contributed by atoms with Crippen LogP contribution in [0.25, 0.3) is 116 Å². The molecule has 294 valence electrons. The topological polar surface area (TPSA) is 14.8 Å². The molecule has 0 unspecified atom stereocenters. The molecule has 13 aromatic rings. The summed E-state index contributed by atoms with van der Waals surface area (Å²) in [5.74, 6) is 0. The van der Waals surface area contributed by atoms with Gasteiger partial charge in [-0.3, -0.25) is 0 Å². The van der Waals surface area contributed by atoms with E-state index in [4.69, 9.17) is 0 Å². The third kappa shape index (κ3) is 5.60. The standard InChI is InChI=1S/C60H39N3/c1-3-13-40(14-4-1)42-23-29-46(30-24-42)61-55-20-10-7-17-49(55)52-37-44(27-34-58(52)61)45-28-35-59-53(38-45)50-18-8-12-22-57(50)63(59)48-33-36-60-54(39-48)51-19-9-11-21-56(51)62(60)47-31-25-43(26-32-47)41-15-5-2-6-16-41/h1-39H. The minimum absolute atomic E-state index is 1.15. The SMILES string of the molecule is c1ccc(-c2ccc(-n3c4ccccc4c4cc(-c5ccc6c(c5)c5ccccc5n6-c5ccc6c(c5)c5ccccc5n6-c5ccc(-c6ccccc6)cc5)ccc43)cc2)cc1. The number of para-hydroxylation sites is 3. The van der Waals surface area contributed by atoms with Gasteiger partial charge in [0.05, 0.1) is 33.1 Å². The van der Waals surface area contributed by atoms with Crippen LogP contribution < -0.4 is 0 Å². The first-order valence-corrected chi connectivity index (χ1v) is 21.7. The van der Waals surface area contributed by atoms with Crippen molar-refractivity contribution in [1.29, 1.82) is 0 Å². The Hall–Kier alpha value is -8.40. The molecular formula is C60H39N3. The minimum Gasteiger partial charge on any atom is -0.309 e. The highest BCUT2D eigenvalue weighted by atomic mass is 15.0. The predicted octanol–water partition coefficient (Wildman–Crippen LogP) is 16.0. The summed E-state index contributed by atoms with van der Waals surface area (Å²) in [6.07, 6.45) is 0. The second kappa shape index (κ2) is 14.1. The van der Waals surface area contributed by atoms with Crippen molar-refractivity contribution in [1.82, 2.24) is 13.7 Å². The van der Waals surface area contributed by atoms with Crippen LogP contribution in [0.15, 0.2) is 237 Å². The van der Waals surface area contributed by atoms with Gasteiger partial charge in [0.1, 0.15) is 0 Å². The molecule has 0 aliphatic heterocycles. The van der Waals surface area contributed by atoms with Crippen LogP contribution in [0.5, 0.6) is 0 Å². The van der Waals surface area contributed by atoms with Gasteiger partial charge in [0.25, 0.3) is 0 Å². The molecule has 3 heterocycles. The molecule has 0 radical (unpaired) electrons. The van der Waals surface area contributed by atoms with Gasteiger partial charge in [-0.05, 0) is 118 Å². The molecule has 3 aromatic heterocycles. The van der Waals surface area contributed by atoms with Gasteiger partial charge in [-0.15, -0.1) is 0 Å². The predicted molar refractivity (Wildman–Crippen MR) is 266 cm³/mol. The number of fused-ring (bicyclic) bond motifs is 9. The number of aromatic nitrogens is 3.